The zero-order valence-electron chi connectivity index (χ0n) is 11.7. The largest absolute Gasteiger partial charge is 0.496 e. The summed E-state index contributed by atoms with van der Waals surface area (Å²) in [6.45, 7) is 3.19. The van der Waals surface area contributed by atoms with Gasteiger partial charge in [-0.3, -0.25) is 4.90 Å². The number of nitrogens with two attached hydrogens (primary N) is 2. The topological polar surface area (TPSA) is 89.2 Å². The van der Waals surface area contributed by atoms with Gasteiger partial charge in [-0.25, -0.2) is 0 Å². The van der Waals surface area contributed by atoms with Crippen LogP contribution in [-0.4, -0.2) is 37.3 Å². The Labute approximate surface area is 119 Å². The Hall–Kier alpha value is -2.08. The lowest BCUT2D eigenvalue weighted by Crippen LogP contribution is -2.21. The van der Waals surface area contributed by atoms with E-state index in [4.69, 9.17) is 16.2 Å². The molecule has 20 heavy (non-hydrogen) atoms. The van der Waals surface area contributed by atoms with Gasteiger partial charge in [0.05, 0.1) is 13.3 Å². The number of guanidine groups is 1. The van der Waals surface area contributed by atoms with Crippen molar-refractivity contribution in [3.8, 4) is 5.75 Å². The molecule has 108 valence electrons. The maximum Gasteiger partial charge on any atom is 0.211 e. The maximum atomic E-state index is 5.41. The normalized spacial score (nSPS) is 15.7. The first-order valence-corrected chi connectivity index (χ1v) is 6.70. The summed E-state index contributed by atoms with van der Waals surface area (Å²) in [5.74, 6) is 0.850. The molecule has 0 amide bonds. The summed E-state index contributed by atoms with van der Waals surface area (Å²) in [6, 6.07) is 5.93. The highest BCUT2D eigenvalue weighted by atomic mass is 16.5. The Kier molecular flexibility index (Phi) is 4.95. The molecular weight excluding hydrogens is 254 g/mol. The minimum atomic E-state index is -0.0490. The van der Waals surface area contributed by atoms with Crippen molar-refractivity contribution in [3.05, 3.63) is 29.3 Å². The minimum absolute atomic E-state index is 0.0490. The zero-order valence-corrected chi connectivity index (χ0v) is 11.7. The zero-order chi connectivity index (χ0) is 14.4. The van der Waals surface area contributed by atoms with Crippen molar-refractivity contribution in [3.63, 3.8) is 0 Å². The van der Waals surface area contributed by atoms with Crippen LogP contribution in [0, 0.1) is 0 Å². The Morgan fingerprint density at radius 3 is 2.75 bits per heavy atom. The molecule has 1 fully saturated rings. The number of methoxy groups -OCH3 is 1. The Balaban J connectivity index is 2.15. The van der Waals surface area contributed by atoms with Crippen LogP contribution in [-0.2, 0) is 6.54 Å². The van der Waals surface area contributed by atoms with Crippen LogP contribution in [0.25, 0.3) is 0 Å². The average molecular weight is 275 g/mol. The molecule has 1 heterocycles. The SMILES string of the molecule is COc1ccc(C=NN=C(N)N)cc1CN1CCCC1. The molecule has 0 saturated carbocycles. The van der Waals surface area contributed by atoms with E-state index in [0.717, 1.165) is 36.5 Å². The molecule has 0 radical (unpaired) electrons. The van der Waals surface area contributed by atoms with Gasteiger partial charge in [-0.2, -0.15) is 5.10 Å². The minimum Gasteiger partial charge on any atom is -0.496 e. The van der Waals surface area contributed by atoms with E-state index in [2.05, 4.69) is 21.2 Å². The van der Waals surface area contributed by atoms with Gasteiger partial charge in [0, 0.05) is 12.1 Å². The molecule has 0 unspecified atom stereocenters. The molecule has 2 rings (SSSR count). The number of benzene rings is 1. The fourth-order valence-corrected chi connectivity index (χ4v) is 2.35. The summed E-state index contributed by atoms with van der Waals surface area (Å²) >= 11 is 0. The van der Waals surface area contributed by atoms with Crippen molar-refractivity contribution in [1.82, 2.24) is 4.90 Å². The molecule has 1 saturated heterocycles. The van der Waals surface area contributed by atoms with Crippen molar-refractivity contribution in [2.75, 3.05) is 20.2 Å². The highest BCUT2D eigenvalue weighted by Gasteiger charge is 2.14. The summed E-state index contributed by atoms with van der Waals surface area (Å²) in [4.78, 5) is 2.43. The molecule has 0 atom stereocenters. The molecule has 0 bridgehead atoms. The maximum absolute atomic E-state index is 5.41. The van der Waals surface area contributed by atoms with Gasteiger partial charge in [-0.15, -0.1) is 5.10 Å². The molecular formula is C14H21N5O. The molecule has 6 nitrogen and oxygen atoms in total. The van der Waals surface area contributed by atoms with Crippen molar-refractivity contribution in [2.45, 2.75) is 19.4 Å². The number of likely N-dealkylation sites (tertiary alicyclic amines) is 1. The van der Waals surface area contributed by atoms with E-state index in [0.29, 0.717) is 0 Å². The number of ether oxygens (including phenoxy) is 1. The van der Waals surface area contributed by atoms with Crippen LogP contribution in [0.15, 0.2) is 28.4 Å². The third-order valence-electron chi connectivity index (χ3n) is 3.28. The molecule has 1 aliphatic rings. The Morgan fingerprint density at radius 1 is 1.35 bits per heavy atom. The van der Waals surface area contributed by atoms with Gasteiger partial charge < -0.3 is 16.2 Å². The van der Waals surface area contributed by atoms with E-state index in [1.165, 1.54) is 12.8 Å². The van der Waals surface area contributed by atoms with Crippen LogP contribution in [0.5, 0.6) is 5.75 Å². The molecule has 6 heteroatoms. The van der Waals surface area contributed by atoms with E-state index >= 15 is 0 Å². The molecule has 1 aromatic rings. The first kappa shape index (κ1) is 14.3. The Bertz CT molecular complexity index is 502. The third kappa shape index (κ3) is 3.96. The first-order chi connectivity index (χ1) is 9.69. The molecule has 0 aliphatic carbocycles. The summed E-state index contributed by atoms with van der Waals surface area (Å²) in [6.07, 6.45) is 4.18. The van der Waals surface area contributed by atoms with Gasteiger partial charge >= 0.3 is 0 Å². The van der Waals surface area contributed by atoms with Crippen LogP contribution >= 0.6 is 0 Å². The van der Waals surface area contributed by atoms with Gasteiger partial charge in [0.2, 0.25) is 5.96 Å². The summed E-state index contributed by atoms with van der Waals surface area (Å²) in [5.41, 5.74) is 12.6. The smallest absolute Gasteiger partial charge is 0.211 e. The molecule has 0 aromatic heterocycles. The van der Waals surface area contributed by atoms with Gasteiger partial charge in [0.15, 0.2) is 0 Å². The van der Waals surface area contributed by atoms with E-state index in [9.17, 15) is 0 Å². The van der Waals surface area contributed by atoms with Crippen molar-refractivity contribution < 1.29 is 4.74 Å². The van der Waals surface area contributed by atoms with Crippen LogP contribution in [0.2, 0.25) is 0 Å². The highest BCUT2D eigenvalue weighted by Crippen LogP contribution is 2.22. The second-order valence-electron chi connectivity index (χ2n) is 4.82. The van der Waals surface area contributed by atoms with Crippen LogP contribution in [0.4, 0.5) is 0 Å². The summed E-state index contributed by atoms with van der Waals surface area (Å²) in [7, 11) is 1.69. The number of hydrogen-bond acceptors (Lipinski definition) is 4. The van der Waals surface area contributed by atoms with Gasteiger partial charge in [-0.05, 0) is 49.7 Å². The second kappa shape index (κ2) is 6.91. The van der Waals surface area contributed by atoms with Crippen LogP contribution in [0.3, 0.4) is 0 Å². The lowest BCUT2D eigenvalue weighted by atomic mass is 10.1. The van der Waals surface area contributed by atoms with Crippen molar-refractivity contribution in [2.24, 2.45) is 21.7 Å². The van der Waals surface area contributed by atoms with Gasteiger partial charge in [0.25, 0.3) is 0 Å². The van der Waals surface area contributed by atoms with E-state index < -0.39 is 0 Å². The average Bonchev–Trinajstić information content (AvgIpc) is 2.91. The van der Waals surface area contributed by atoms with Crippen LogP contribution in [0.1, 0.15) is 24.0 Å². The summed E-state index contributed by atoms with van der Waals surface area (Å²) < 4.78 is 5.41. The predicted molar refractivity (Wildman–Crippen MR) is 80.9 cm³/mol. The van der Waals surface area contributed by atoms with E-state index in [-0.39, 0.29) is 5.96 Å². The van der Waals surface area contributed by atoms with Gasteiger partial charge in [-0.1, -0.05) is 0 Å². The number of rotatable bonds is 5. The predicted octanol–water partition coefficient (Wildman–Crippen LogP) is 0.898. The Morgan fingerprint density at radius 2 is 2.10 bits per heavy atom. The number of nitrogens with zero attached hydrogens (tertiary/aromatic N) is 3. The molecule has 1 aliphatic heterocycles. The molecule has 0 spiro atoms. The number of hydrogen-bond donors (Lipinski definition) is 2. The molecule has 4 N–H and O–H groups in total. The van der Waals surface area contributed by atoms with Gasteiger partial charge in [0.1, 0.15) is 5.75 Å². The summed E-state index contributed by atoms with van der Waals surface area (Å²) in [5, 5.41) is 7.42. The fourth-order valence-electron chi connectivity index (χ4n) is 2.35. The monoisotopic (exact) mass is 275 g/mol. The second-order valence-corrected chi connectivity index (χ2v) is 4.82. The highest BCUT2D eigenvalue weighted by molar-refractivity contribution is 5.82. The quantitative estimate of drug-likeness (QED) is 0.474. The van der Waals surface area contributed by atoms with Crippen molar-refractivity contribution >= 4 is 12.2 Å². The molecule has 1 aromatic carbocycles. The van der Waals surface area contributed by atoms with Crippen LogP contribution < -0.4 is 16.2 Å². The van der Waals surface area contributed by atoms with E-state index in [1.54, 1.807) is 13.3 Å². The van der Waals surface area contributed by atoms with Crippen molar-refractivity contribution in [1.29, 1.82) is 0 Å². The lowest BCUT2D eigenvalue weighted by molar-refractivity contribution is 0.321. The van der Waals surface area contributed by atoms with E-state index in [1.807, 2.05) is 12.1 Å². The standard InChI is InChI=1S/C14H21N5O/c1-20-13-5-4-11(9-17-18-14(15)16)8-12(13)10-19-6-2-3-7-19/h4-5,8-9H,2-3,6-7,10H2,1H3,(H4,15,16,18). The fraction of sp³-hybridized carbons (Fsp3) is 0.429. The first-order valence-electron chi connectivity index (χ1n) is 6.70. The lowest BCUT2D eigenvalue weighted by Gasteiger charge is -2.17. The third-order valence-corrected chi connectivity index (χ3v) is 3.28.